The molecule has 1 spiro atoms. The molecule has 7 nitrogen and oxygen atoms in total. The number of nitrogens with zero attached hydrogens (tertiary/aromatic N) is 1. The number of halogens is 3. The molecule has 29 heavy (non-hydrogen) atoms. The summed E-state index contributed by atoms with van der Waals surface area (Å²) in [4.78, 5) is 39.5. The molecule has 10 heteroatoms. The number of benzene rings is 1. The minimum absolute atomic E-state index is 0.0274. The maximum absolute atomic E-state index is 15.0. The molecule has 0 aromatic heterocycles. The summed E-state index contributed by atoms with van der Waals surface area (Å²) < 4.78 is 35.4. The molecule has 3 aliphatic rings. The molecule has 4 rings (SSSR count). The van der Waals surface area contributed by atoms with Crippen LogP contribution >= 0.6 is 15.9 Å². The standard InChI is InChI=1S/C19H20BrF2N3O4/c1-7(2)14-15-19(16(26)23-18(28)24-17(19)27)5-9-4-10(20)11(21)12(22)13(9)25(15)6-8(3)29-14/h4,7-8,14-15H,5-6H2,1-3H3,(H2,23,24,26,27,28)/t8-,14+,15-/m1/s1. The highest BCUT2D eigenvalue weighted by atomic mass is 79.9. The summed E-state index contributed by atoms with van der Waals surface area (Å²) in [6, 6.07) is -0.428. The molecule has 0 aliphatic carbocycles. The second-order valence-corrected chi connectivity index (χ2v) is 8.99. The van der Waals surface area contributed by atoms with E-state index in [2.05, 4.69) is 26.6 Å². The van der Waals surface area contributed by atoms with E-state index in [0.29, 0.717) is 5.56 Å². The predicted molar refractivity (Wildman–Crippen MR) is 102 cm³/mol. The second kappa shape index (κ2) is 6.73. The molecule has 3 aliphatic heterocycles. The first-order valence-corrected chi connectivity index (χ1v) is 10.1. The lowest BCUT2D eigenvalue weighted by Crippen LogP contribution is -2.76. The van der Waals surface area contributed by atoms with Crippen LogP contribution in [-0.4, -0.2) is 42.6 Å². The first-order valence-electron chi connectivity index (χ1n) is 9.33. The fourth-order valence-electron chi connectivity index (χ4n) is 4.73. The Balaban J connectivity index is 2.00. The number of urea groups is 1. The third-order valence-corrected chi connectivity index (χ3v) is 6.47. The van der Waals surface area contributed by atoms with Crippen LogP contribution in [0.25, 0.3) is 0 Å². The maximum Gasteiger partial charge on any atom is 0.328 e. The number of hydrogen-bond donors (Lipinski definition) is 2. The summed E-state index contributed by atoms with van der Waals surface area (Å²) in [6.45, 7) is 5.69. The molecule has 1 aromatic rings. The van der Waals surface area contributed by atoms with E-state index in [9.17, 15) is 18.8 Å². The molecule has 0 saturated carbocycles. The van der Waals surface area contributed by atoms with Crippen LogP contribution in [0, 0.1) is 23.0 Å². The van der Waals surface area contributed by atoms with Crippen molar-refractivity contribution in [3.63, 3.8) is 0 Å². The van der Waals surface area contributed by atoms with Gasteiger partial charge in [-0.25, -0.2) is 13.6 Å². The van der Waals surface area contributed by atoms with Gasteiger partial charge in [-0.15, -0.1) is 0 Å². The smallest absolute Gasteiger partial charge is 0.328 e. The van der Waals surface area contributed by atoms with Crippen LogP contribution in [0.15, 0.2) is 10.5 Å². The first kappa shape index (κ1) is 20.2. The molecule has 3 atom stereocenters. The second-order valence-electron chi connectivity index (χ2n) is 8.13. The maximum atomic E-state index is 15.0. The van der Waals surface area contributed by atoms with E-state index in [1.165, 1.54) is 6.07 Å². The number of morpholine rings is 1. The highest BCUT2D eigenvalue weighted by Crippen LogP contribution is 2.49. The number of imide groups is 2. The van der Waals surface area contributed by atoms with Crippen molar-refractivity contribution in [2.24, 2.45) is 11.3 Å². The van der Waals surface area contributed by atoms with Crippen molar-refractivity contribution in [1.29, 1.82) is 0 Å². The van der Waals surface area contributed by atoms with E-state index < -0.39 is 47.0 Å². The molecule has 1 aromatic carbocycles. The van der Waals surface area contributed by atoms with Gasteiger partial charge in [0.25, 0.3) is 0 Å². The quantitative estimate of drug-likeness (QED) is 0.484. The average molecular weight is 472 g/mol. The van der Waals surface area contributed by atoms with Gasteiger partial charge in [0.15, 0.2) is 17.0 Å². The van der Waals surface area contributed by atoms with E-state index in [1.54, 1.807) is 11.8 Å². The van der Waals surface area contributed by atoms with Gasteiger partial charge in [-0.05, 0) is 40.4 Å². The van der Waals surface area contributed by atoms with Gasteiger partial charge >= 0.3 is 6.03 Å². The summed E-state index contributed by atoms with van der Waals surface area (Å²) in [5.74, 6) is -3.75. The normalized spacial score (nSPS) is 28.2. The van der Waals surface area contributed by atoms with Crippen molar-refractivity contribution >= 4 is 39.5 Å². The van der Waals surface area contributed by atoms with Gasteiger partial charge in [0.05, 0.1) is 28.4 Å². The van der Waals surface area contributed by atoms with Crippen molar-refractivity contribution in [3.05, 3.63) is 27.7 Å². The third-order valence-electron chi connectivity index (χ3n) is 5.89. The number of rotatable bonds is 1. The zero-order valence-corrected chi connectivity index (χ0v) is 17.6. The molecule has 3 heterocycles. The predicted octanol–water partition coefficient (Wildman–Crippen LogP) is 2.25. The van der Waals surface area contributed by atoms with Crippen molar-refractivity contribution in [1.82, 2.24) is 10.6 Å². The van der Waals surface area contributed by atoms with Crippen LogP contribution < -0.4 is 15.5 Å². The van der Waals surface area contributed by atoms with Gasteiger partial charge in [-0.3, -0.25) is 20.2 Å². The van der Waals surface area contributed by atoms with Gasteiger partial charge in [0.2, 0.25) is 11.8 Å². The fourth-order valence-corrected chi connectivity index (χ4v) is 5.18. The van der Waals surface area contributed by atoms with Crippen LogP contribution in [0.4, 0.5) is 19.3 Å². The number of amides is 4. The van der Waals surface area contributed by atoms with Crippen LogP contribution in [0.5, 0.6) is 0 Å². The zero-order chi connectivity index (χ0) is 21.2. The monoisotopic (exact) mass is 471 g/mol. The molecule has 0 radical (unpaired) electrons. The molecular weight excluding hydrogens is 452 g/mol. The van der Waals surface area contributed by atoms with Gasteiger partial charge in [-0.2, -0.15) is 0 Å². The SMILES string of the molecule is CC(C)[C@@H]1O[C@H](C)CN2c3c(cc(Br)c(F)c3F)CC3(C(=O)NC(=O)NC3=O)[C@@H]12. The molecular formula is C19H20BrF2N3O4. The number of carbonyl (C=O) groups excluding carboxylic acids is 3. The Bertz CT molecular complexity index is 919. The minimum Gasteiger partial charge on any atom is -0.371 e. The van der Waals surface area contributed by atoms with E-state index in [0.717, 1.165) is 0 Å². The average Bonchev–Trinajstić information content (AvgIpc) is 2.62. The summed E-state index contributed by atoms with van der Waals surface area (Å²) in [6.07, 6.45) is -1.16. The summed E-state index contributed by atoms with van der Waals surface area (Å²) >= 11 is 3.00. The molecule has 4 amide bonds. The Morgan fingerprint density at radius 3 is 2.41 bits per heavy atom. The first-order chi connectivity index (χ1) is 13.6. The summed E-state index contributed by atoms with van der Waals surface area (Å²) in [5.41, 5.74) is -1.39. The number of nitrogens with one attached hydrogen (secondary N) is 2. The van der Waals surface area contributed by atoms with E-state index >= 15 is 4.39 Å². The number of barbiturate groups is 1. The van der Waals surface area contributed by atoms with Crippen LogP contribution in [0.3, 0.4) is 0 Å². The largest absolute Gasteiger partial charge is 0.371 e. The Kier molecular flexibility index (Phi) is 4.69. The van der Waals surface area contributed by atoms with E-state index in [-0.39, 0.29) is 35.1 Å². The molecule has 0 unspecified atom stereocenters. The van der Waals surface area contributed by atoms with Crippen LogP contribution in [0.2, 0.25) is 0 Å². The Labute approximate surface area is 174 Å². The zero-order valence-electron chi connectivity index (χ0n) is 16.0. The Morgan fingerprint density at radius 2 is 1.83 bits per heavy atom. The fraction of sp³-hybridized carbons (Fsp3) is 0.526. The van der Waals surface area contributed by atoms with E-state index in [4.69, 9.17) is 4.74 Å². The van der Waals surface area contributed by atoms with E-state index in [1.807, 2.05) is 13.8 Å². The number of ether oxygens (including phenoxy) is 1. The highest BCUT2D eigenvalue weighted by molar-refractivity contribution is 9.10. The number of carbonyl (C=O) groups is 3. The molecule has 2 N–H and O–H groups in total. The van der Waals surface area contributed by atoms with Crippen LogP contribution in [0.1, 0.15) is 26.3 Å². The third kappa shape index (κ3) is 2.79. The topological polar surface area (TPSA) is 87.7 Å². The number of fused-ring (bicyclic) bond motifs is 4. The van der Waals surface area contributed by atoms with Crippen molar-refractivity contribution in [3.8, 4) is 0 Å². The lowest BCUT2D eigenvalue weighted by atomic mass is 9.65. The Morgan fingerprint density at radius 1 is 1.21 bits per heavy atom. The van der Waals surface area contributed by atoms with Gasteiger partial charge in [0, 0.05) is 13.0 Å². The van der Waals surface area contributed by atoms with Crippen molar-refractivity contribution in [2.75, 3.05) is 11.4 Å². The summed E-state index contributed by atoms with van der Waals surface area (Å²) in [7, 11) is 0. The molecule has 156 valence electrons. The highest BCUT2D eigenvalue weighted by Gasteiger charge is 2.64. The van der Waals surface area contributed by atoms with Crippen molar-refractivity contribution < 1.29 is 27.9 Å². The van der Waals surface area contributed by atoms with Gasteiger partial charge < -0.3 is 9.64 Å². The molecule has 0 bridgehead atoms. The lowest BCUT2D eigenvalue weighted by molar-refractivity contribution is -0.156. The molecule has 2 saturated heterocycles. The molecule has 2 fully saturated rings. The summed E-state index contributed by atoms with van der Waals surface area (Å²) in [5, 5.41) is 4.35. The van der Waals surface area contributed by atoms with Crippen LogP contribution in [-0.2, 0) is 20.7 Å². The number of hydrogen-bond acceptors (Lipinski definition) is 5. The Hall–Kier alpha value is -2.07. The van der Waals surface area contributed by atoms with Gasteiger partial charge in [-0.1, -0.05) is 13.8 Å². The van der Waals surface area contributed by atoms with Crippen molar-refractivity contribution in [2.45, 2.75) is 45.4 Å². The van der Waals surface area contributed by atoms with Gasteiger partial charge in [0.1, 0.15) is 0 Å². The number of anilines is 1. The lowest BCUT2D eigenvalue weighted by Gasteiger charge is -2.56. The minimum atomic E-state index is -1.72.